The predicted octanol–water partition coefficient (Wildman–Crippen LogP) is 5.92. The first kappa shape index (κ1) is 19.3. The maximum atomic E-state index is 12.7. The predicted molar refractivity (Wildman–Crippen MR) is 106 cm³/mol. The highest BCUT2D eigenvalue weighted by Gasteiger charge is 2.37. The molecule has 0 N–H and O–H groups in total. The number of aryl methyl sites for hydroxylation is 1. The van der Waals surface area contributed by atoms with Crippen molar-refractivity contribution >= 4 is 11.6 Å². The second kappa shape index (κ2) is 10.0. The summed E-state index contributed by atoms with van der Waals surface area (Å²) in [5.41, 5.74) is 1.30. The van der Waals surface area contributed by atoms with Crippen LogP contribution in [0.25, 0.3) is 0 Å². The van der Waals surface area contributed by atoms with Crippen molar-refractivity contribution < 1.29 is 9.59 Å². The van der Waals surface area contributed by atoms with Crippen molar-refractivity contribution in [2.24, 2.45) is 17.8 Å². The van der Waals surface area contributed by atoms with Crippen molar-refractivity contribution in [3.63, 3.8) is 0 Å². The smallest absolute Gasteiger partial charge is 0.136 e. The molecule has 2 aliphatic carbocycles. The fraction of sp³-hybridized carbons (Fsp3) is 0.667. The highest BCUT2D eigenvalue weighted by molar-refractivity contribution is 5.83. The number of hydrogen-bond donors (Lipinski definition) is 0. The Labute approximate surface area is 158 Å². The molecule has 0 aliphatic heterocycles. The summed E-state index contributed by atoms with van der Waals surface area (Å²) < 4.78 is 0. The van der Waals surface area contributed by atoms with E-state index in [1.807, 2.05) is 18.2 Å². The topological polar surface area (TPSA) is 34.1 Å². The van der Waals surface area contributed by atoms with Crippen LogP contribution >= 0.6 is 0 Å². The number of fused-ring (bicyclic) bond motifs is 1. The van der Waals surface area contributed by atoms with E-state index in [0.717, 1.165) is 31.6 Å². The van der Waals surface area contributed by atoms with Gasteiger partial charge in [-0.1, -0.05) is 62.4 Å². The van der Waals surface area contributed by atoms with E-state index < -0.39 is 0 Å². The molecule has 0 amide bonds. The van der Waals surface area contributed by atoms with Gasteiger partial charge in [-0.25, -0.2) is 0 Å². The average molecular weight is 355 g/mol. The molecule has 0 aromatic heterocycles. The van der Waals surface area contributed by atoms with Gasteiger partial charge in [0.2, 0.25) is 0 Å². The molecule has 1 aromatic carbocycles. The maximum Gasteiger partial charge on any atom is 0.136 e. The summed E-state index contributed by atoms with van der Waals surface area (Å²) in [6.45, 7) is 0. The Kier molecular flexibility index (Phi) is 7.46. The van der Waals surface area contributed by atoms with Gasteiger partial charge in [0, 0.05) is 25.2 Å². The van der Waals surface area contributed by atoms with Gasteiger partial charge in [-0.15, -0.1) is 0 Å². The molecule has 1 aromatic rings. The van der Waals surface area contributed by atoms with Crippen LogP contribution in [-0.2, 0) is 16.0 Å². The second-order valence-electron chi connectivity index (χ2n) is 8.44. The molecule has 0 bridgehead atoms. The lowest BCUT2D eigenvalue weighted by Crippen LogP contribution is -2.35. The molecule has 2 nitrogen and oxygen atoms in total. The number of rotatable bonds is 9. The van der Waals surface area contributed by atoms with Crippen molar-refractivity contribution in [3.8, 4) is 0 Å². The normalized spacial score (nSPS) is 25.5. The molecule has 3 unspecified atom stereocenters. The van der Waals surface area contributed by atoms with Gasteiger partial charge in [-0.05, 0) is 49.5 Å². The zero-order valence-electron chi connectivity index (χ0n) is 16.1. The van der Waals surface area contributed by atoms with Crippen LogP contribution in [0.5, 0.6) is 0 Å². The Morgan fingerprint density at radius 3 is 2.38 bits per heavy atom. The summed E-state index contributed by atoms with van der Waals surface area (Å²) in [7, 11) is 0. The Balaban J connectivity index is 1.33. The van der Waals surface area contributed by atoms with Gasteiger partial charge in [-0.2, -0.15) is 0 Å². The molecule has 0 radical (unpaired) electrons. The molecule has 0 heterocycles. The Morgan fingerprint density at radius 2 is 1.54 bits per heavy atom. The zero-order valence-corrected chi connectivity index (χ0v) is 16.1. The lowest BCUT2D eigenvalue weighted by molar-refractivity contribution is -0.127. The molecular formula is C24H34O2. The van der Waals surface area contributed by atoms with Crippen LogP contribution < -0.4 is 0 Å². The summed E-state index contributed by atoms with van der Waals surface area (Å²) in [4.78, 5) is 24.8. The molecular weight excluding hydrogens is 320 g/mol. The third-order valence-corrected chi connectivity index (χ3v) is 6.63. The van der Waals surface area contributed by atoms with E-state index in [2.05, 4.69) is 12.1 Å². The SMILES string of the molecule is O=C(CCCC(=O)C1CCCC2CCCCC21)CCCc1ccccc1. The molecule has 3 rings (SSSR count). The quantitative estimate of drug-likeness (QED) is 0.551. The van der Waals surface area contributed by atoms with Crippen LogP contribution in [0, 0.1) is 17.8 Å². The molecule has 0 spiro atoms. The lowest BCUT2D eigenvalue weighted by Gasteiger charge is -2.40. The van der Waals surface area contributed by atoms with Gasteiger partial charge in [-0.3, -0.25) is 9.59 Å². The molecule has 2 fully saturated rings. The zero-order chi connectivity index (χ0) is 18.2. The molecule has 3 atom stereocenters. The summed E-state index contributed by atoms with van der Waals surface area (Å²) in [6, 6.07) is 10.3. The van der Waals surface area contributed by atoms with E-state index in [0.29, 0.717) is 42.7 Å². The molecule has 2 saturated carbocycles. The van der Waals surface area contributed by atoms with Crippen molar-refractivity contribution in [1.29, 1.82) is 0 Å². The van der Waals surface area contributed by atoms with Gasteiger partial charge < -0.3 is 0 Å². The first-order valence-corrected chi connectivity index (χ1v) is 10.8. The Hall–Kier alpha value is -1.44. The van der Waals surface area contributed by atoms with E-state index in [9.17, 15) is 9.59 Å². The van der Waals surface area contributed by atoms with Crippen molar-refractivity contribution in [2.75, 3.05) is 0 Å². The van der Waals surface area contributed by atoms with E-state index in [4.69, 9.17) is 0 Å². The van der Waals surface area contributed by atoms with Gasteiger partial charge >= 0.3 is 0 Å². The Bertz CT molecular complexity index is 575. The van der Waals surface area contributed by atoms with E-state index in [1.54, 1.807) is 0 Å². The number of Topliss-reactive ketones (excluding diaryl/α,β-unsaturated/α-hetero) is 2. The molecule has 2 heteroatoms. The third kappa shape index (κ3) is 5.53. The number of benzene rings is 1. The average Bonchev–Trinajstić information content (AvgIpc) is 2.68. The monoisotopic (exact) mass is 354 g/mol. The molecule has 2 aliphatic rings. The minimum atomic E-state index is 0.308. The van der Waals surface area contributed by atoms with Crippen molar-refractivity contribution in [1.82, 2.24) is 0 Å². The minimum Gasteiger partial charge on any atom is -0.300 e. The van der Waals surface area contributed by atoms with Crippen LogP contribution in [0.15, 0.2) is 30.3 Å². The second-order valence-corrected chi connectivity index (χ2v) is 8.44. The summed E-state index contributed by atoms with van der Waals surface area (Å²) in [6.07, 6.45) is 13.5. The fourth-order valence-corrected chi connectivity index (χ4v) is 5.24. The minimum absolute atomic E-state index is 0.308. The molecule has 0 saturated heterocycles. The lowest BCUT2D eigenvalue weighted by atomic mass is 9.64. The van der Waals surface area contributed by atoms with Crippen molar-refractivity contribution in [2.45, 2.75) is 83.5 Å². The maximum absolute atomic E-state index is 12.7. The van der Waals surface area contributed by atoms with Gasteiger partial charge in [0.05, 0.1) is 0 Å². The summed E-state index contributed by atoms with van der Waals surface area (Å²) in [5.74, 6) is 2.56. The van der Waals surface area contributed by atoms with Gasteiger partial charge in [0.1, 0.15) is 11.6 Å². The number of ketones is 2. The first-order chi connectivity index (χ1) is 12.7. The number of carbonyl (C=O) groups excluding carboxylic acids is 2. The highest BCUT2D eigenvalue weighted by atomic mass is 16.1. The van der Waals surface area contributed by atoms with Gasteiger partial charge in [0.15, 0.2) is 0 Å². The fourth-order valence-electron chi connectivity index (χ4n) is 5.24. The third-order valence-electron chi connectivity index (χ3n) is 6.63. The van der Waals surface area contributed by atoms with Crippen LogP contribution in [-0.4, -0.2) is 11.6 Å². The highest BCUT2D eigenvalue weighted by Crippen LogP contribution is 2.44. The first-order valence-electron chi connectivity index (χ1n) is 10.8. The summed E-state index contributed by atoms with van der Waals surface area (Å²) >= 11 is 0. The standard InChI is InChI=1S/C24H34O2/c25-21(14-6-11-19-9-2-1-3-10-19)15-8-18-24(26)23-17-7-13-20-12-4-5-16-22(20)23/h1-3,9-10,20,22-23H,4-8,11-18H2. The Morgan fingerprint density at radius 1 is 0.808 bits per heavy atom. The van der Waals surface area contributed by atoms with Crippen LogP contribution in [0.1, 0.15) is 82.6 Å². The van der Waals surface area contributed by atoms with Crippen LogP contribution in [0.2, 0.25) is 0 Å². The number of carbonyl (C=O) groups is 2. The van der Waals surface area contributed by atoms with Crippen LogP contribution in [0.4, 0.5) is 0 Å². The van der Waals surface area contributed by atoms with E-state index >= 15 is 0 Å². The number of hydrogen-bond acceptors (Lipinski definition) is 2. The molecule has 26 heavy (non-hydrogen) atoms. The van der Waals surface area contributed by atoms with Crippen molar-refractivity contribution in [3.05, 3.63) is 35.9 Å². The van der Waals surface area contributed by atoms with Crippen LogP contribution in [0.3, 0.4) is 0 Å². The van der Waals surface area contributed by atoms with E-state index in [-0.39, 0.29) is 0 Å². The molecule has 142 valence electrons. The largest absolute Gasteiger partial charge is 0.300 e. The van der Waals surface area contributed by atoms with Gasteiger partial charge in [0.25, 0.3) is 0 Å². The summed E-state index contributed by atoms with van der Waals surface area (Å²) in [5, 5.41) is 0. The van der Waals surface area contributed by atoms with E-state index in [1.165, 1.54) is 44.1 Å².